The summed E-state index contributed by atoms with van der Waals surface area (Å²) >= 11 is 5.98. The maximum absolute atomic E-state index is 10.9. The summed E-state index contributed by atoms with van der Waals surface area (Å²) < 4.78 is 9.00. The van der Waals surface area contributed by atoms with E-state index in [2.05, 4.69) is 10.2 Å². The Bertz CT molecular complexity index is 1080. The Balaban J connectivity index is 1.78. The fourth-order valence-corrected chi connectivity index (χ4v) is 2.74. The highest BCUT2D eigenvalue weighted by Gasteiger charge is 2.19. The van der Waals surface area contributed by atoms with Crippen molar-refractivity contribution in [2.24, 2.45) is 7.05 Å². The molecule has 0 fully saturated rings. The highest BCUT2D eigenvalue weighted by atomic mass is 35.5. The Labute approximate surface area is 140 Å². The van der Waals surface area contributed by atoms with E-state index >= 15 is 0 Å². The maximum atomic E-state index is 10.9. The van der Waals surface area contributed by atoms with E-state index in [9.17, 15) is 10.1 Å². The Morgan fingerprint density at radius 3 is 2.83 bits per heavy atom. The van der Waals surface area contributed by atoms with Crippen LogP contribution in [-0.4, -0.2) is 24.3 Å². The first-order chi connectivity index (χ1) is 11.5. The van der Waals surface area contributed by atoms with Crippen LogP contribution in [-0.2, 0) is 7.05 Å². The monoisotopic (exact) mass is 343 g/mol. The van der Waals surface area contributed by atoms with E-state index < -0.39 is 4.92 Å². The lowest BCUT2D eigenvalue weighted by atomic mass is 10.2. The van der Waals surface area contributed by atoms with Gasteiger partial charge in [0, 0.05) is 29.7 Å². The van der Waals surface area contributed by atoms with E-state index in [4.69, 9.17) is 16.0 Å². The molecule has 24 heavy (non-hydrogen) atoms. The van der Waals surface area contributed by atoms with Crippen molar-refractivity contribution in [1.29, 1.82) is 0 Å². The fraction of sp³-hybridized carbons (Fsp3) is 0.0667. The molecule has 8 nitrogen and oxygen atoms in total. The predicted octanol–water partition coefficient (Wildman–Crippen LogP) is 3.58. The summed E-state index contributed by atoms with van der Waals surface area (Å²) in [5.74, 6) is 0.205. The average molecular weight is 344 g/mol. The zero-order chi connectivity index (χ0) is 16.8. The van der Waals surface area contributed by atoms with Gasteiger partial charge in [-0.25, -0.2) is 0 Å². The molecule has 0 amide bonds. The minimum absolute atomic E-state index is 0.0340. The molecule has 0 unspecified atom stereocenters. The predicted molar refractivity (Wildman–Crippen MR) is 87.2 cm³/mol. The quantitative estimate of drug-likeness (QED) is 0.418. The SMILES string of the molecule is Cn1cc([N+](=O)[O-])cc1-c1nnc(-n2ccc3cc(Cl)ccc32)o1. The normalized spacial score (nSPS) is 11.2. The number of aromatic nitrogens is 4. The Morgan fingerprint density at radius 1 is 1.25 bits per heavy atom. The molecule has 3 heterocycles. The van der Waals surface area contributed by atoms with Crippen molar-refractivity contribution in [3.05, 3.63) is 57.9 Å². The van der Waals surface area contributed by atoms with Gasteiger partial charge in [0.1, 0.15) is 5.69 Å². The molecular weight excluding hydrogens is 334 g/mol. The molecule has 9 heteroatoms. The number of rotatable bonds is 3. The average Bonchev–Trinajstić information content (AvgIpc) is 3.23. The van der Waals surface area contributed by atoms with Gasteiger partial charge in [0.2, 0.25) is 0 Å². The van der Waals surface area contributed by atoms with Gasteiger partial charge in [0.05, 0.1) is 16.6 Å². The molecule has 0 saturated heterocycles. The third-order valence-electron chi connectivity index (χ3n) is 3.69. The Hall–Kier alpha value is -3.13. The Kier molecular flexibility index (Phi) is 3.14. The molecule has 0 bridgehead atoms. The highest BCUT2D eigenvalue weighted by molar-refractivity contribution is 6.31. The number of hydrogen-bond donors (Lipinski definition) is 0. The van der Waals surface area contributed by atoms with Crippen LogP contribution in [0.3, 0.4) is 0 Å². The van der Waals surface area contributed by atoms with Crippen molar-refractivity contribution >= 4 is 28.2 Å². The number of hydrogen-bond acceptors (Lipinski definition) is 5. The van der Waals surface area contributed by atoms with Crippen molar-refractivity contribution in [1.82, 2.24) is 19.3 Å². The van der Waals surface area contributed by atoms with Crippen molar-refractivity contribution in [3.8, 4) is 17.6 Å². The summed E-state index contributed by atoms with van der Waals surface area (Å²) in [5.41, 5.74) is 1.31. The molecule has 3 aromatic heterocycles. The van der Waals surface area contributed by atoms with Crippen molar-refractivity contribution in [2.75, 3.05) is 0 Å². The molecule has 0 aliphatic carbocycles. The number of benzene rings is 1. The molecule has 0 radical (unpaired) electrons. The third-order valence-corrected chi connectivity index (χ3v) is 3.93. The summed E-state index contributed by atoms with van der Waals surface area (Å²) in [4.78, 5) is 10.4. The lowest BCUT2D eigenvalue weighted by molar-refractivity contribution is -0.384. The minimum Gasteiger partial charge on any atom is -0.401 e. The van der Waals surface area contributed by atoms with Gasteiger partial charge in [0.15, 0.2) is 0 Å². The van der Waals surface area contributed by atoms with E-state index in [0.717, 1.165) is 10.9 Å². The van der Waals surface area contributed by atoms with Crippen LogP contribution in [0.5, 0.6) is 0 Å². The summed E-state index contributed by atoms with van der Waals surface area (Å²) in [6.45, 7) is 0. The molecule has 0 atom stereocenters. The van der Waals surface area contributed by atoms with E-state index in [1.54, 1.807) is 28.4 Å². The molecule has 0 spiro atoms. The molecular formula is C15H10ClN5O3. The molecule has 0 saturated carbocycles. The Morgan fingerprint density at radius 2 is 2.08 bits per heavy atom. The van der Waals surface area contributed by atoms with Crippen LogP contribution in [0.2, 0.25) is 5.02 Å². The topological polar surface area (TPSA) is 91.9 Å². The van der Waals surface area contributed by atoms with Crippen LogP contribution in [0.25, 0.3) is 28.5 Å². The largest absolute Gasteiger partial charge is 0.401 e. The third kappa shape index (κ3) is 2.24. The van der Waals surface area contributed by atoms with Crippen LogP contribution in [0.15, 0.2) is 47.1 Å². The van der Waals surface area contributed by atoms with Crippen LogP contribution >= 0.6 is 11.6 Å². The van der Waals surface area contributed by atoms with Crippen LogP contribution in [0.4, 0.5) is 5.69 Å². The summed E-state index contributed by atoms with van der Waals surface area (Å²) in [5, 5.41) is 20.5. The molecule has 1 aromatic carbocycles. The summed E-state index contributed by atoms with van der Waals surface area (Å²) in [7, 11) is 1.68. The number of nitro groups is 1. The van der Waals surface area contributed by atoms with Gasteiger partial charge < -0.3 is 8.98 Å². The lowest BCUT2D eigenvalue weighted by Gasteiger charge is -1.99. The van der Waals surface area contributed by atoms with E-state index in [1.165, 1.54) is 12.3 Å². The van der Waals surface area contributed by atoms with Gasteiger partial charge >= 0.3 is 6.01 Å². The molecule has 4 aromatic rings. The number of halogens is 1. The molecule has 0 aliphatic heterocycles. The lowest BCUT2D eigenvalue weighted by Crippen LogP contribution is -1.91. The molecule has 0 N–H and O–H groups in total. The van der Waals surface area contributed by atoms with Crippen LogP contribution in [0.1, 0.15) is 0 Å². The second kappa shape index (κ2) is 5.20. The van der Waals surface area contributed by atoms with Gasteiger partial charge in [-0.15, -0.1) is 5.10 Å². The zero-order valence-electron chi connectivity index (χ0n) is 12.4. The number of fused-ring (bicyclic) bond motifs is 1. The standard InChI is InChI=1S/C15H10ClN5O3/c1-19-8-11(21(22)23)7-13(19)14-17-18-15(24-14)20-5-4-9-6-10(16)2-3-12(9)20/h2-8H,1H3. The van der Waals surface area contributed by atoms with Gasteiger partial charge in [-0.1, -0.05) is 16.7 Å². The number of aryl methyl sites for hydroxylation is 1. The van der Waals surface area contributed by atoms with Gasteiger partial charge in [-0.2, -0.15) is 0 Å². The van der Waals surface area contributed by atoms with E-state index in [0.29, 0.717) is 10.7 Å². The summed E-state index contributed by atoms with van der Waals surface area (Å²) in [6.07, 6.45) is 3.19. The van der Waals surface area contributed by atoms with E-state index in [-0.39, 0.29) is 17.6 Å². The van der Waals surface area contributed by atoms with Crippen molar-refractivity contribution in [2.45, 2.75) is 0 Å². The second-order valence-corrected chi connectivity index (χ2v) is 5.67. The van der Waals surface area contributed by atoms with Gasteiger partial charge in [-0.05, 0) is 24.3 Å². The first-order valence-corrected chi connectivity index (χ1v) is 7.32. The first kappa shape index (κ1) is 14.5. The van der Waals surface area contributed by atoms with Crippen molar-refractivity contribution < 1.29 is 9.34 Å². The molecule has 0 aliphatic rings. The molecule has 120 valence electrons. The van der Waals surface area contributed by atoms with Gasteiger partial charge in [0.25, 0.3) is 11.6 Å². The first-order valence-electron chi connectivity index (χ1n) is 6.94. The fourth-order valence-electron chi connectivity index (χ4n) is 2.56. The summed E-state index contributed by atoms with van der Waals surface area (Å²) in [6, 6.07) is 9.02. The minimum atomic E-state index is -0.468. The smallest absolute Gasteiger partial charge is 0.327 e. The molecule has 4 rings (SSSR count). The zero-order valence-corrected chi connectivity index (χ0v) is 13.1. The number of nitrogens with zero attached hydrogens (tertiary/aromatic N) is 5. The van der Waals surface area contributed by atoms with Crippen LogP contribution in [0, 0.1) is 10.1 Å². The van der Waals surface area contributed by atoms with Crippen molar-refractivity contribution in [3.63, 3.8) is 0 Å². The van der Waals surface area contributed by atoms with Gasteiger partial charge in [-0.3, -0.25) is 14.7 Å². The highest BCUT2D eigenvalue weighted by Crippen LogP contribution is 2.27. The van der Waals surface area contributed by atoms with Crippen LogP contribution < -0.4 is 0 Å². The van der Waals surface area contributed by atoms with E-state index in [1.807, 2.05) is 18.2 Å². The second-order valence-electron chi connectivity index (χ2n) is 5.23. The maximum Gasteiger partial charge on any atom is 0.327 e.